The largest absolute Gasteiger partial charge is 0.500 e. The fourth-order valence-corrected chi connectivity index (χ4v) is 2.71. The van der Waals surface area contributed by atoms with Gasteiger partial charge in [-0.05, 0) is 29.5 Å². The molecule has 1 aromatic rings. The van der Waals surface area contributed by atoms with Crippen LogP contribution in [0, 0.1) is 22.5 Å². The molecule has 2 amide bonds. The number of methoxy groups -OCH3 is 1. The average molecular weight is 334 g/mol. The number of aromatic hydroxyl groups is 1. The molecule has 1 aliphatic heterocycles. The first kappa shape index (κ1) is 16.4. The summed E-state index contributed by atoms with van der Waals surface area (Å²) in [4.78, 5) is 34.9. The Kier molecular flexibility index (Phi) is 4.57. The van der Waals surface area contributed by atoms with Gasteiger partial charge >= 0.3 is 5.69 Å². The fourth-order valence-electron chi connectivity index (χ4n) is 1.87. The molecule has 1 fully saturated rings. The summed E-state index contributed by atoms with van der Waals surface area (Å²) in [6.07, 6.45) is 6.40. The molecule has 0 radical (unpaired) electrons. The third-order valence-electron chi connectivity index (χ3n) is 2.91. The minimum Gasteiger partial charge on any atom is -0.500 e. The van der Waals surface area contributed by atoms with E-state index in [4.69, 9.17) is 11.2 Å². The second-order valence-electron chi connectivity index (χ2n) is 4.32. The normalized spacial score (nSPS) is 15.8. The highest BCUT2D eigenvalue weighted by Gasteiger charge is 2.34. The lowest BCUT2D eigenvalue weighted by Gasteiger charge is -2.07. The number of phenols is 1. The van der Waals surface area contributed by atoms with Crippen LogP contribution in [0.5, 0.6) is 11.5 Å². The minimum absolute atomic E-state index is 0.0762. The van der Waals surface area contributed by atoms with Crippen LogP contribution in [-0.4, -0.2) is 39.7 Å². The van der Waals surface area contributed by atoms with E-state index < -0.39 is 27.5 Å². The van der Waals surface area contributed by atoms with Crippen molar-refractivity contribution in [3.05, 3.63) is 32.7 Å². The number of carbonyl (C=O) groups is 2. The number of rotatable bonds is 4. The van der Waals surface area contributed by atoms with E-state index in [9.17, 15) is 24.8 Å². The smallest absolute Gasteiger partial charge is 0.315 e. The summed E-state index contributed by atoms with van der Waals surface area (Å²) >= 11 is 0.678. The molecule has 0 aliphatic carbocycles. The number of nitro groups is 1. The van der Waals surface area contributed by atoms with E-state index in [-0.39, 0.29) is 22.8 Å². The zero-order valence-corrected chi connectivity index (χ0v) is 12.6. The van der Waals surface area contributed by atoms with Crippen molar-refractivity contribution >= 4 is 34.7 Å². The number of hydrogen-bond acceptors (Lipinski definition) is 7. The molecular formula is C14H10N2O6S. The molecule has 0 atom stereocenters. The van der Waals surface area contributed by atoms with Crippen LogP contribution in [0.2, 0.25) is 0 Å². The molecule has 1 heterocycles. The maximum absolute atomic E-state index is 12.1. The van der Waals surface area contributed by atoms with Gasteiger partial charge in [-0.3, -0.25) is 24.6 Å². The van der Waals surface area contributed by atoms with E-state index in [0.29, 0.717) is 11.8 Å². The molecule has 0 unspecified atom stereocenters. The lowest BCUT2D eigenvalue weighted by molar-refractivity contribution is -0.386. The van der Waals surface area contributed by atoms with Gasteiger partial charge in [0.1, 0.15) is 0 Å². The van der Waals surface area contributed by atoms with Crippen molar-refractivity contribution in [1.29, 1.82) is 0 Å². The van der Waals surface area contributed by atoms with E-state index >= 15 is 0 Å². The summed E-state index contributed by atoms with van der Waals surface area (Å²) in [6.45, 7) is -0.152. The first-order valence-electron chi connectivity index (χ1n) is 6.13. The standard InChI is InChI=1S/C14H10N2O6S/c1-3-4-15-13(18)11(23-14(15)19)7-8-5-9(16(20)21)12(17)10(6-8)22-2/h1,5-7,17H,4H2,2H3. The molecule has 0 saturated carbocycles. The van der Waals surface area contributed by atoms with Crippen LogP contribution in [0.25, 0.3) is 6.08 Å². The number of terminal acetylenes is 1. The first-order valence-corrected chi connectivity index (χ1v) is 6.95. The Labute approximate surface area is 134 Å². The summed E-state index contributed by atoms with van der Waals surface area (Å²) in [5.74, 6) is 0.897. The highest BCUT2D eigenvalue weighted by atomic mass is 32.2. The van der Waals surface area contributed by atoms with Crippen LogP contribution in [0.15, 0.2) is 17.0 Å². The van der Waals surface area contributed by atoms with Crippen molar-refractivity contribution in [2.45, 2.75) is 0 Å². The van der Waals surface area contributed by atoms with E-state index in [1.165, 1.54) is 19.3 Å². The van der Waals surface area contributed by atoms with E-state index in [1.54, 1.807) is 0 Å². The molecule has 0 spiro atoms. The molecule has 0 aromatic heterocycles. The van der Waals surface area contributed by atoms with Gasteiger partial charge < -0.3 is 9.84 Å². The molecule has 0 bridgehead atoms. The van der Waals surface area contributed by atoms with Gasteiger partial charge in [-0.25, -0.2) is 0 Å². The maximum atomic E-state index is 12.1. The summed E-state index contributed by atoms with van der Waals surface area (Å²) in [7, 11) is 1.24. The molecule has 2 rings (SSSR count). The van der Waals surface area contributed by atoms with Crippen molar-refractivity contribution in [2.75, 3.05) is 13.7 Å². The summed E-state index contributed by atoms with van der Waals surface area (Å²) in [6, 6.07) is 2.39. The van der Waals surface area contributed by atoms with Gasteiger partial charge in [0.2, 0.25) is 5.75 Å². The number of carbonyl (C=O) groups excluding carboxylic acids is 2. The molecule has 8 nitrogen and oxygen atoms in total. The Morgan fingerprint density at radius 3 is 2.78 bits per heavy atom. The fraction of sp³-hybridized carbons (Fsp3) is 0.143. The number of ether oxygens (including phenoxy) is 1. The number of imide groups is 1. The predicted molar refractivity (Wildman–Crippen MR) is 82.8 cm³/mol. The average Bonchev–Trinajstić information content (AvgIpc) is 2.76. The summed E-state index contributed by atoms with van der Waals surface area (Å²) in [5, 5.41) is 20.1. The van der Waals surface area contributed by atoms with E-state index in [1.807, 2.05) is 0 Å². The molecule has 1 aromatic carbocycles. The molecular weight excluding hydrogens is 324 g/mol. The van der Waals surface area contributed by atoms with Crippen molar-refractivity contribution in [3.63, 3.8) is 0 Å². The second-order valence-corrected chi connectivity index (χ2v) is 5.31. The molecule has 1 N–H and O–H groups in total. The third kappa shape index (κ3) is 3.12. The van der Waals surface area contributed by atoms with Crippen LogP contribution < -0.4 is 4.74 Å². The van der Waals surface area contributed by atoms with E-state index in [0.717, 1.165) is 11.0 Å². The van der Waals surface area contributed by atoms with Crippen LogP contribution >= 0.6 is 11.8 Å². The lowest BCUT2D eigenvalue weighted by Crippen LogP contribution is -2.28. The third-order valence-corrected chi connectivity index (χ3v) is 3.82. The predicted octanol–water partition coefficient (Wildman–Crippen LogP) is 1.98. The van der Waals surface area contributed by atoms with Crippen molar-refractivity contribution in [1.82, 2.24) is 4.90 Å². The van der Waals surface area contributed by atoms with Crippen molar-refractivity contribution in [2.24, 2.45) is 0 Å². The monoisotopic (exact) mass is 334 g/mol. The van der Waals surface area contributed by atoms with Crippen LogP contribution in [0.1, 0.15) is 5.56 Å². The number of phenolic OH excluding ortho intramolecular Hbond substituents is 1. The Morgan fingerprint density at radius 1 is 1.52 bits per heavy atom. The Balaban J connectivity index is 2.46. The van der Waals surface area contributed by atoms with Crippen LogP contribution in [0.3, 0.4) is 0 Å². The molecule has 9 heteroatoms. The van der Waals surface area contributed by atoms with Gasteiger partial charge in [-0.15, -0.1) is 6.42 Å². The highest BCUT2D eigenvalue weighted by Crippen LogP contribution is 2.39. The van der Waals surface area contributed by atoms with Gasteiger partial charge in [-0.2, -0.15) is 0 Å². The van der Waals surface area contributed by atoms with Gasteiger partial charge in [0, 0.05) is 6.07 Å². The number of nitro benzene ring substituents is 1. The first-order chi connectivity index (χ1) is 10.9. The SMILES string of the molecule is C#CCN1C(=O)SC(=Cc2cc(OC)c(O)c([N+](=O)[O-])c2)C1=O. The molecule has 1 saturated heterocycles. The van der Waals surface area contributed by atoms with Gasteiger partial charge in [-0.1, -0.05) is 5.92 Å². The topological polar surface area (TPSA) is 110 Å². The number of benzene rings is 1. The van der Waals surface area contributed by atoms with Crippen molar-refractivity contribution in [3.8, 4) is 23.8 Å². The Bertz CT molecular complexity index is 780. The van der Waals surface area contributed by atoms with Gasteiger partial charge in [0.25, 0.3) is 11.1 Å². The molecule has 118 valence electrons. The quantitative estimate of drug-likeness (QED) is 0.388. The van der Waals surface area contributed by atoms with Gasteiger partial charge in [0.05, 0.1) is 23.5 Å². The van der Waals surface area contributed by atoms with Crippen LogP contribution in [0.4, 0.5) is 10.5 Å². The Morgan fingerprint density at radius 2 is 2.22 bits per heavy atom. The number of thioether (sulfide) groups is 1. The van der Waals surface area contributed by atoms with E-state index in [2.05, 4.69) is 5.92 Å². The highest BCUT2D eigenvalue weighted by molar-refractivity contribution is 8.18. The van der Waals surface area contributed by atoms with Crippen LogP contribution in [-0.2, 0) is 4.79 Å². The second kappa shape index (κ2) is 6.41. The number of hydrogen-bond donors (Lipinski definition) is 1. The molecule has 23 heavy (non-hydrogen) atoms. The van der Waals surface area contributed by atoms with Gasteiger partial charge in [0.15, 0.2) is 5.75 Å². The molecule has 1 aliphatic rings. The van der Waals surface area contributed by atoms with Crippen molar-refractivity contribution < 1.29 is 24.4 Å². The maximum Gasteiger partial charge on any atom is 0.315 e. The number of nitrogens with zero attached hydrogens (tertiary/aromatic N) is 2. The zero-order valence-electron chi connectivity index (χ0n) is 11.8. The lowest BCUT2D eigenvalue weighted by atomic mass is 10.1. The number of amides is 2. The minimum atomic E-state index is -0.779. The Hall–Kier alpha value is -2.99. The summed E-state index contributed by atoms with van der Waals surface area (Å²) < 4.78 is 4.87. The zero-order chi connectivity index (χ0) is 17.1. The summed E-state index contributed by atoms with van der Waals surface area (Å²) in [5.41, 5.74) is -0.337.